The number of nitrogens with two attached hydrogens (primary N) is 2. The first-order valence-electron chi connectivity index (χ1n) is 12.3. The van der Waals surface area contributed by atoms with E-state index in [0.717, 1.165) is 0 Å². The molecule has 9 N–H and O–H groups in total. The van der Waals surface area contributed by atoms with Gasteiger partial charge in [0.05, 0.1) is 17.9 Å². The molecule has 0 aliphatic rings. The molecule has 0 saturated heterocycles. The Morgan fingerprint density at radius 3 is 2.33 bits per heavy atom. The largest absolute Gasteiger partial charge is 0.490 e. The Kier molecular flexibility index (Phi) is 9.34. The standard InChI is InChI=1S/C28H34N6O5/c1-4-38-23-15-18(11-14-22(23)39-16-28(2,3)31)24(32-19-12-9-17(10-13-19)25(29)30)26(35)34-33-21-8-6-5-7-20(21)27(36)37/h5-15,24,32-33H,4,16,31H2,1-3H3,(H3,29,30)(H,34,35)(H,36,37). The number of aromatic carboxylic acids is 1. The van der Waals surface area contributed by atoms with Crippen molar-refractivity contribution in [2.75, 3.05) is 24.0 Å². The number of amidine groups is 1. The summed E-state index contributed by atoms with van der Waals surface area (Å²) >= 11 is 0. The Morgan fingerprint density at radius 2 is 1.72 bits per heavy atom. The van der Waals surface area contributed by atoms with Crippen molar-refractivity contribution in [3.05, 3.63) is 83.4 Å². The zero-order valence-electron chi connectivity index (χ0n) is 22.1. The zero-order chi connectivity index (χ0) is 28.6. The fourth-order valence-electron chi connectivity index (χ4n) is 3.55. The number of ether oxygens (including phenoxy) is 2. The average Bonchev–Trinajstić information content (AvgIpc) is 2.89. The molecule has 206 valence electrons. The van der Waals surface area contributed by atoms with Crippen LogP contribution in [-0.2, 0) is 4.79 Å². The van der Waals surface area contributed by atoms with Gasteiger partial charge in [0.2, 0.25) is 0 Å². The molecule has 0 bridgehead atoms. The molecule has 0 fully saturated rings. The van der Waals surface area contributed by atoms with Gasteiger partial charge in [-0.05, 0) is 74.9 Å². The lowest BCUT2D eigenvalue weighted by Crippen LogP contribution is -2.38. The molecule has 0 heterocycles. The Morgan fingerprint density at radius 1 is 1.03 bits per heavy atom. The van der Waals surface area contributed by atoms with Crippen LogP contribution >= 0.6 is 0 Å². The monoisotopic (exact) mass is 534 g/mol. The van der Waals surface area contributed by atoms with E-state index in [-0.39, 0.29) is 23.7 Å². The maximum Gasteiger partial charge on any atom is 0.337 e. The fraction of sp³-hybridized carbons (Fsp3) is 0.250. The summed E-state index contributed by atoms with van der Waals surface area (Å²) in [4.78, 5) is 25.0. The van der Waals surface area contributed by atoms with Crippen molar-refractivity contribution < 1.29 is 24.2 Å². The number of amides is 1. The van der Waals surface area contributed by atoms with E-state index in [4.69, 9.17) is 26.4 Å². The van der Waals surface area contributed by atoms with Gasteiger partial charge in [0, 0.05) is 16.8 Å². The van der Waals surface area contributed by atoms with Gasteiger partial charge in [-0.15, -0.1) is 0 Å². The van der Waals surface area contributed by atoms with Gasteiger partial charge in [-0.2, -0.15) is 0 Å². The number of hydrogen-bond acceptors (Lipinski definition) is 8. The van der Waals surface area contributed by atoms with Gasteiger partial charge in [0.15, 0.2) is 11.5 Å². The van der Waals surface area contributed by atoms with E-state index in [1.807, 2.05) is 20.8 Å². The van der Waals surface area contributed by atoms with E-state index in [0.29, 0.717) is 34.9 Å². The third kappa shape index (κ3) is 8.11. The molecule has 1 unspecified atom stereocenters. The van der Waals surface area contributed by atoms with Gasteiger partial charge in [-0.3, -0.25) is 21.1 Å². The van der Waals surface area contributed by atoms with Crippen LogP contribution in [0.15, 0.2) is 66.7 Å². The first-order chi connectivity index (χ1) is 18.5. The van der Waals surface area contributed by atoms with Gasteiger partial charge in [-0.1, -0.05) is 18.2 Å². The maximum absolute atomic E-state index is 13.5. The molecule has 1 atom stereocenters. The fourth-order valence-corrected chi connectivity index (χ4v) is 3.55. The summed E-state index contributed by atoms with van der Waals surface area (Å²) in [6.07, 6.45) is 0. The van der Waals surface area contributed by atoms with Gasteiger partial charge in [-0.25, -0.2) is 4.79 Å². The van der Waals surface area contributed by atoms with Crippen LogP contribution in [0.1, 0.15) is 48.3 Å². The van der Waals surface area contributed by atoms with E-state index < -0.39 is 23.5 Å². The Hall–Kier alpha value is -4.77. The van der Waals surface area contributed by atoms with E-state index in [9.17, 15) is 14.7 Å². The van der Waals surface area contributed by atoms with E-state index >= 15 is 0 Å². The molecule has 11 heteroatoms. The number of carboxylic acids is 1. The summed E-state index contributed by atoms with van der Waals surface area (Å²) in [6.45, 7) is 6.16. The highest BCUT2D eigenvalue weighted by Gasteiger charge is 2.24. The number of hydrogen-bond donors (Lipinski definition) is 7. The lowest BCUT2D eigenvalue weighted by Gasteiger charge is -2.23. The Balaban J connectivity index is 1.93. The van der Waals surface area contributed by atoms with Crippen LogP contribution in [0, 0.1) is 5.41 Å². The number of nitrogen functional groups attached to an aromatic ring is 1. The number of carbonyl (C=O) groups excluding carboxylic acids is 1. The molecule has 0 saturated carbocycles. The zero-order valence-corrected chi connectivity index (χ0v) is 22.1. The molecule has 11 nitrogen and oxygen atoms in total. The number of hydrazine groups is 1. The van der Waals surface area contributed by atoms with Crippen molar-refractivity contribution in [1.82, 2.24) is 5.43 Å². The minimum atomic E-state index is -1.13. The van der Waals surface area contributed by atoms with Crippen LogP contribution in [0.4, 0.5) is 11.4 Å². The van der Waals surface area contributed by atoms with Crippen LogP contribution in [-0.4, -0.2) is 41.6 Å². The maximum atomic E-state index is 13.5. The molecule has 0 aromatic heterocycles. The highest BCUT2D eigenvalue weighted by molar-refractivity contribution is 5.96. The van der Waals surface area contributed by atoms with Crippen LogP contribution in [0.2, 0.25) is 0 Å². The van der Waals surface area contributed by atoms with Crippen LogP contribution in [0.5, 0.6) is 11.5 Å². The first kappa shape index (κ1) is 28.8. The second-order valence-corrected chi connectivity index (χ2v) is 9.45. The van der Waals surface area contributed by atoms with Crippen LogP contribution < -0.4 is 37.1 Å². The third-order valence-electron chi connectivity index (χ3n) is 5.45. The van der Waals surface area contributed by atoms with E-state index in [1.165, 1.54) is 6.07 Å². The number of anilines is 2. The van der Waals surface area contributed by atoms with Gasteiger partial charge in [0.25, 0.3) is 5.91 Å². The highest BCUT2D eigenvalue weighted by atomic mass is 16.5. The molecule has 0 aliphatic heterocycles. The van der Waals surface area contributed by atoms with E-state index in [2.05, 4.69) is 16.2 Å². The first-order valence-corrected chi connectivity index (χ1v) is 12.3. The molecule has 0 radical (unpaired) electrons. The molecule has 0 aliphatic carbocycles. The van der Waals surface area contributed by atoms with Crippen molar-refractivity contribution in [3.8, 4) is 11.5 Å². The topological polar surface area (TPSA) is 185 Å². The van der Waals surface area contributed by atoms with Crippen molar-refractivity contribution in [2.24, 2.45) is 11.5 Å². The summed E-state index contributed by atoms with van der Waals surface area (Å²) < 4.78 is 11.7. The molecule has 3 aromatic rings. The summed E-state index contributed by atoms with van der Waals surface area (Å²) in [6, 6.07) is 17.2. The quantitative estimate of drug-likeness (QED) is 0.0979. The smallest absolute Gasteiger partial charge is 0.337 e. The van der Waals surface area contributed by atoms with E-state index in [1.54, 1.807) is 60.7 Å². The summed E-state index contributed by atoms with van der Waals surface area (Å²) in [5.41, 5.74) is 18.3. The molecule has 1 amide bonds. The second kappa shape index (κ2) is 12.7. The van der Waals surface area contributed by atoms with Crippen LogP contribution in [0.25, 0.3) is 0 Å². The normalized spacial score (nSPS) is 11.7. The lowest BCUT2D eigenvalue weighted by molar-refractivity contribution is -0.121. The molecular weight excluding hydrogens is 500 g/mol. The third-order valence-corrected chi connectivity index (χ3v) is 5.45. The number of rotatable bonds is 13. The van der Waals surface area contributed by atoms with Gasteiger partial charge >= 0.3 is 5.97 Å². The molecule has 0 spiro atoms. The average molecular weight is 535 g/mol. The number of nitrogens with one attached hydrogen (secondary N) is 4. The minimum Gasteiger partial charge on any atom is -0.490 e. The minimum absolute atomic E-state index is 0.00472. The Labute approximate surface area is 227 Å². The molecule has 3 rings (SSSR count). The van der Waals surface area contributed by atoms with Gasteiger partial charge < -0.3 is 31.4 Å². The summed E-state index contributed by atoms with van der Waals surface area (Å²) in [7, 11) is 0. The predicted octanol–water partition coefficient (Wildman–Crippen LogP) is 3.48. The number of benzene rings is 3. The predicted molar refractivity (Wildman–Crippen MR) is 150 cm³/mol. The van der Waals surface area contributed by atoms with Crippen molar-refractivity contribution >= 4 is 29.1 Å². The van der Waals surface area contributed by atoms with Gasteiger partial charge in [0.1, 0.15) is 18.5 Å². The summed E-state index contributed by atoms with van der Waals surface area (Å²) in [5, 5.41) is 20.2. The number of para-hydroxylation sites is 1. The molecule has 3 aromatic carbocycles. The SMILES string of the molecule is CCOc1cc(C(Nc2ccc(C(=N)N)cc2)C(=O)NNc2ccccc2C(=O)O)ccc1OCC(C)(C)N. The molecule has 39 heavy (non-hydrogen) atoms. The summed E-state index contributed by atoms with van der Waals surface area (Å²) in [5.74, 6) is -0.780. The Bertz CT molecular complexity index is 1320. The highest BCUT2D eigenvalue weighted by Crippen LogP contribution is 2.32. The van der Waals surface area contributed by atoms with Crippen molar-refractivity contribution in [2.45, 2.75) is 32.4 Å². The van der Waals surface area contributed by atoms with Crippen LogP contribution in [0.3, 0.4) is 0 Å². The lowest BCUT2D eigenvalue weighted by atomic mass is 10.0. The number of carbonyl (C=O) groups is 2. The molecular formula is C28H34N6O5. The number of carboxylic acid groups (broad SMARTS) is 1. The van der Waals surface area contributed by atoms with Crippen molar-refractivity contribution in [3.63, 3.8) is 0 Å². The van der Waals surface area contributed by atoms with Crippen molar-refractivity contribution in [1.29, 1.82) is 5.41 Å². The second-order valence-electron chi connectivity index (χ2n) is 9.45.